The summed E-state index contributed by atoms with van der Waals surface area (Å²) >= 11 is 0. The number of benzene rings is 1. The first kappa shape index (κ1) is 7.99. The molecule has 0 saturated carbocycles. The molecule has 1 aromatic rings. The maximum absolute atomic E-state index is 13.1. The molecule has 0 aromatic heterocycles. The molecule has 0 aliphatic heterocycles. The molecule has 0 N–H and O–H groups in total. The molecule has 0 bridgehead atoms. The summed E-state index contributed by atoms with van der Waals surface area (Å²) in [5, 5.41) is 0. The van der Waals surface area contributed by atoms with Crippen LogP contribution in [0.5, 0.6) is 0 Å². The Kier molecular flexibility index (Phi) is 2.08. The van der Waals surface area contributed by atoms with Crippen molar-refractivity contribution in [2.45, 2.75) is 13.8 Å². The van der Waals surface area contributed by atoms with Crippen LogP contribution < -0.4 is 0 Å². The van der Waals surface area contributed by atoms with Crippen LogP contribution in [0.3, 0.4) is 0 Å². The summed E-state index contributed by atoms with van der Waals surface area (Å²) in [5.41, 5.74) is 2.33. The summed E-state index contributed by atoms with van der Waals surface area (Å²) in [6.07, 6.45) is 1.54. The number of hydrogen-bond acceptors (Lipinski definition) is 0. The van der Waals surface area contributed by atoms with Crippen LogP contribution in [-0.2, 0) is 0 Å². The molecule has 0 fully saturated rings. The average molecular weight is 150 g/mol. The molecule has 1 heteroatoms. The Morgan fingerprint density at radius 3 is 2.55 bits per heavy atom. The summed E-state index contributed by atoms with van der Waals surface area (Å²) in [6, 6.07) is 3.61. The van der Waals surface area contributed by atoms with Crippen LogP contribution in [0.15, 0.2) is 18.7 Å². The predicted molar refractivity (Wildman–Crippen MR) is 46.0 cm³/mol. The zero-order valence-electron chi connectivity index (χ0n) is 6.82. The van der Waals surface area contributed by atoms with E-state index in [1.807, 2.05) is 13.0 Å². The van der Waals surface area contributed by atoms with Gasteiger partial charge in [0, 0.05) is 5.56 Å². The van der Waals surface area contributed by atoms with Gasteiger partial charge in [-0.1, -0.05) is 24.3 Å². The van der Waals surface area contributed by atoms with Crippen molar-refractivity contribution >= 4 is 6.08 Å². The van der Waals surface area contributed by atoms with Gasteiger partial charge in [0.25, 0.3) is 0 Å². The minimum Gasteiger partial charge on any atom is -0.206 e. The largest absolute Gasteiger partial charge is 0.206 e. The predicted octanol–water partition coefficient (Wildman–Crippen LogP) is 3.09. The lowest BCUT2D eigenvalue weighted by atomic mass is 10.1. The van der Waals surface area contributed by atoms with Crippen LogP contribution in [0.4, 0.5) is 4.39 Å². The summed E-state index contributed by atoms with van der Waals surface area (Å²) in [4.78, 5) is 0. The molecule has 0 amide bonds. The molecule has 1 rings (SSSR count). The van der Waals surface area contributed by atoms with Crippen molar-refractivity contribution in [2.75, 3.05) is 0 Å². The number of rotatable bonds is 1. The van der Waals surface area contributed by atoms with E-state index in [0.717, 1.165) is 5.56 Å². The van der Waals surface area contributed by atoms with Crippen molar-refractivity contribution in [1.82, 2.24) is 0 Å². The minimum absolute atomic E-state index is 0.161. The number of hydrogen-bond donors (Lipinski definition) is 0. The molecule has 0 nitrogen and oxygen atoms in total. The topological polar surface area (TPSA) is 0 Å². The SMILES string of the molecule is C=Cc1cc(C)cc(C)c1F. The molecule has 0 saturated heterocycles. The summed E-state index contributed by atoms with van der Waals surface area (Å²) < 4.78 is 13.1. The number of halogens is 1. The van der Waals surface area contributed by atoms with Gasteiger partial charge >= 0.3 is 0 Å². The Morgan fingerprint density at radius 2 is 2.00 bits per heavy atom. The highest BCUT2D eigenvalue weighted by Gasteiger charge is 2.01. The van der Waals surface area contributed by atoms with Crippen LogP contribution in [0.25, 0.3) is 6.08 Å². The van der Waals surface area contributed by atoms with Crippen LogP contribution in [0.1, 0.15) is 16.7 Å². The fraction of sp³-hybridized carbons (Fsp3) is 0.200. The van der Waals surface area contributed by atoms with E-state index < -0.39 is 0 Å². The first-order chi connectivity index (χ1) is 5.15. The fourth-order valence-corrected chi connectivity index (χ4v) is 1.13. The van der Waals surface area contributed by atoms with Crippen LogP contribution >= 0.6 is 0 Å². The van der Waals surface area contributed by atoms with Crippen molar-refractivity contribution in [3.63, 3.8) is 0 Å². The molecule has 0 aliphatic rings. The van der Waals surface area contributed by atoms with E-state index in [-0.39, 0.29) is 5.82 Å². The molecule has 0 atom stereocenters. The molecule has 1 aromatic carbocycles. The third kappa shape index (κ3) is 1.48. The van der Waals surface area contributed by atoms with E-state index in [0.29, 0.717) is 11.1 Å². The lowest BCUT2D eigenvalue weighted by Gasteiger charge is -2.02. The highest BCUT2D eigenvalue weighted by molar-refractivity contribution is 5.50. The smallest absolute Gasteiger partial charge is 0.133 e. The lowest BCUT2D eigenvalue weighted by Crippen LogP contribution is -1.88. The van der Waals surface area contributed by atoms with Gasteiger partial charge in [-0.2, -0.15) is 0 Å². The van der Waals surface area contributed by atoms with Gasteiger partial charge in [-0.25, -0.2) is 4.39 Å². The Labute approximate surface area is 66.4 Å². The fourth-order valence-electron chi connectivity index (χ4n) is 1.13. The molecule has 0 spiro atoms. The highest BCUT2D eigenvalue weighted by atomic mass is 19.1. The van der Waals surface area contributed by atoms with Gasteiger partial charge in [0.05, 0.1) is 0 Å². The van der Waals surface area contributed by atoms with Crippen molar-refractivity contribution < 1.29 is 4.39 Å². The van der Waals surface area contributed by atoms with Crippen LogP contribution in [-0.4, -0.2) is 0 Å². The first-order valence-electron chi connectivity index (χ1n) is 3.54. The van der Waals surface area contributed by atoms with Crippen molar-refractivity contribution in [3.05, 3.63) is 41.2 Å². The van der Waals surface area contributed by atoms with Crippen molar-refractivity contribution in [1.29, 1.82) is 0 Å². The van der Waals surface area contributed by atoms with E-state index in [4.69, 9.17) is 0 Å². The summed E-state index contributed by atoms with van der Waals surface area (Å²) in [7, 11) is 0. The minimum atomic E-state index is -0.161. The second kappa shape index (κ2) is 2.87. The summed E-state index contributed by atoms with van der Waals surface area (Å²) in [6.45, 7) is 7.24. The van der Waals surface area contributed by atoms with Crippen LogP contribution in [0.2, 0.25) is 0 Å². The third-order valence-electron chi connectivity index (χ3n) is 1.65. The molecule has 0 radical (unpaired) electrons. The molecular weight excluding hydrogens is 139 g/mol. The highest BCUT2D eigenvalue weighted by Crippen LogP contribution is 2.15. The second-order valence-electron chi connectivity index (χ2n) is 2.69. The van der Waals surface area contributed by atoms with Crippen molar-refractivity contribution in [2.24, 2.45) is 0 Å². The first-order valence-corrected chi connectivity index (χ1v) is 3.54. The van der Waals surface area contributed by atoms with Gasteiger partial charge in [-0.3, -0.25) is 0 Å². The molecule has 0 heterocycles. The van der Waals surface area contributed by atoms with E-state index in [2.05, 4.69) is 6.58 Å². The molecular formula is C10H11F. The number of aryl methyl sites for hydroxylation is 2. The van der Waals surface area contributed by atoms with Gasteiger partial charge in [0.2, 0.25) is 0 Å². The van der Waals surface area contributed by atoms with Gasteiger partial charge < -0.3 is 0 Å². The van der Waals surface area contributed by atoms with Crippen molar-refractivity contribution in [3.8, 4) is 0 Å². The third-order valence-corrected chi connectivity index (χ3v) is 1.65. The van der Waals surface area contributed by atoms with Gasteiger partial charge in [-0.15, -0.1) is 0 Å². The van der Waals surface area contributed by atoms with Gasteiger partial charge in [-0.05, 0) is 25.5 Å². The Morgan fingerprint density at radius 1 is 1.36 bits per heavy atom. The van der Waals surface area contributed by atoms with E-state index in [9.17, 15) is 4.39 Å². The Bertz CT molecular complexity index is 287. The zero-order chi connectivity index (χ0) is 8.43. The average Bonchev–Trinajstić information content (AvgIpc) is 1.96. The van der Waals surface area contributed by atoms with E-state index in [1.165, 1.54) is 6.08 Å². The maximum Gasteiger partial charge on any atom is 0.133 e. The maximum atomic E-state index is 13.1. The standard InChI is InChI=1S/C10H11F/c1-4-9-6-7(2)5-8(3)10(9)11/h4-6H,1H2,2-3H3. The quantitative estimate of drug-likeness (QED) is 0.577. The summed E-state index contributed by atoms with van der Waals surface area (Å²) in [5.74, 6) is -0.161. The molecule has 0 unspecified atom stereocenters. The lowest BCUT2D eigenvalue weighted by molar-refractivity contribution is 0.615. The molecule has 11 heavy (non-hydrogen) atoms. The monoisotopic (exact) mass is 150 g/mol. The van der Waals surface area contributed by atoms with E-state index in [1.54, 1.807) is 13.0 Å². The van der Waals surface area contributed by atoms with Gasteiger partial charge in [0.15, 0.2) is 0 Å². The zero-order valence-corrected chi connectivity index (χ0v) is 6.82. The normalized spacial score (nSPS) is 9.73. The van der Waals surface area contributed by atoms with Crippen LogP contribution in [0, 0.1) is 19.7 Å². The molecule has 58 valence electrons. The van der Waals surface area contributed by atoms with Gasteiger partial charge in [0.1, 0.15) is 5.82 Å². The van der Waals surface area contributed by atoms with E-state index >= 15 is 0 Å². The second-order valence-corrected chi connectivity index (χ2v) is 2.69. The molecule has 0 aliphatic carbocycles. The Hall–Kier alpha value is -1.11. The Balaban J connectivity index is 3.35.